The Morgan fingerprint density at radius 3 is 2.86 bits per heavy atom. The van der Waals surface area contributed by atoms with Crippen LogP contribution in [0, 0.1) is 0 Å². The third-order valence-electron chi connectivity index (χ3n) is 3.58. The molecule has 3 atom stereocenters. The van der Waals surface area contributed by atoms with E-state index in [0.29, 0.717) is 12.1 Å². The molecule has 0 aromatic carbocycles. The maximum Gasteiger partial charge on any atom is 0.0247 e. The van der Waals surface area contributed by atoms with Crippen LogP contribution in [0.4, 0.5) is 0 Å². The lowest BCUT2D eigenvalue weighted by Gasteiger charge is -2.27. The molecule has 0 radical (unpaired) electrons. The van der Waals surface area contributed by atoms with Crippen LogP contribution in [0.25, 0.3) is 0 Å². The summed E-state index contributed by atoms with van der Waals surface area (Å²) in [5.41, 5.74) is 6.13. The van der Waals surface area contributed by atoms with Crippen molar-refractivity contribution in [1.82, 2.24) is 4.90 Å². The van der Waals surface area contributed by atoms with Crippen LogP contribution in [0.5, 0.6) is 0 Å². The zero-order valence-corrected chi connectivity index (χ0v) is 9.93. The number of hydrogen-bond donors (Lipinski definition) is 1. The van der Waals surface area contributed by atoms with Gasteiger partial charge >= 0.3 is 0 Å². The Morgan fingerprint density at radius 2 is 2.21 bits per heavy atom. The zero-order valence-electron chi connectivity index (χ0n) is 9.11. The van der Waals surface area contributed by atoms with E-state index in [2.05, 4.69) is 23.6 Å². The standard InChI is InChI=1S/C11H22N2S/c1-2-14-9-6-7-13(8-9)11-5-3-4-10(11)12/h9-11H,2-8,12H2,1H3. The Bertz CT molecular complexity index is 186. The first-order chi connectivity index (χ1) is 6.81. The van der Waals surface area contributed by atoms with Crippen molar-refractivity contribution in [2.75, 3.05) is 18.8 Å². The molecule has 2 nitrogen and oxygen atoms in total. The number of rotatable bonds is 3. The Balaban J connectivity index is 1.82. The summed E-state index contributed by atoms with van der Waals surface area (Å²) >= 11 is 2.12. The van der Waals surface area contributed by atoms with Crippen molar-refractivity contribution in [2.45, 2.75) is 49.9 Å². The topological polar surface area (TPSA) is 29.3 Å². The maximum atomic E-state index is 6.13. The van der Waals surface area contributed by atoms with Crippen LogP contribution in [0.2, 0.25) is 0 Å². The number of hydrogen-bond acceptors (Lipinski definition) is 3. The van der Waals surface area contributed by atoms with Gasteiger partial charge in [0.05, 0.1) is 0 Å². The normalized spacial score (nSPS) is 39.4. The van der Waals surface area contributed by atoms with Crippen LogP contribution in [0.1, 0.15) is 32.6 Å². The molecule has 1 aliphatic heterocycles. The summed E-state index contributed by atoms with van der Waals surface area (Å²) < 4.78 is 0. The Morgan fingerprint density at radius 1 is 1.36 bits per heavy atom. The molecule has 2 rings (SSSR count). The van der Waals surface area contributed by atoms with E-state index < -0.39 is 0 Å². The summed E-state index contributed by atoms with van der Waals surface area (Å²) in [4.78, 5) is 2.64. The van der Waals surface area contributed by atoms with Crippen molar-refractivity contribution in [1.29, 1.82) is 0 Å². The van der Waals surface area contributed by atoms with Gasteiger partial charge in [-0.05, 0) is 31.6 Å². The summed E-state index contributed by atoms with van der Waals surface area (Å²) in [5.74, 6) is 1.26. The predicted octanol–water partition coefficient (Wildman–Crippen LogP) is 1.69. The van der Waals surface area contributed by atoms with Crippen molar-refractivity contribution in [3.05, 3.63) is 0 Å². The molecular formula is C11H22N2S. The molecule has 2 N–H and O–H groups in total. The number of nitrogens with zero attached hydrogens (tertiary/aromatic N) is 1. The van der Waals surface area contributed by atoms with Crippen LogP contribution in [0.3, 0.4) is 0 Å². The van der Waals surface area contributed by atoms with E-state index in [4.69, 9.17) is 5.73 Å². The smallest absolute Gasteiger partial charge is 0.0247 e. The first-order valence-corrected chi connectivity index (χ1v) is 6.97. The van der Waals surface area contributed by atoms with Crippen LogP contribution in [0.15, 0.2) is 0 Å². The third kappa shape index (κ3) is 2.26. The lowest BCUT2D eigenvalue weighted by Crippen LogP contribution is -2.43. The molecule has 2 fully saturated rings. The Labute approximate surface area is 91.6 Å². The fourth-order valence-corrected chi connectivity index (χ4v) is 3.89. The highest BCUT2D eigenvalue weighted by molar-refractivity contribution is 7.99. The minimum absolute atomic E-state index is 0.459. The van der Waals surface area contributed by atoms with Gasteiger partial charge in [0, 0.05) is 23.9 Å². The zero-order chi connectivity index (χ0) is 9.97. The van der Waals surface area contributed by atoms with Gasteiger partial charge in [-0.1, -0.05) is 13.3 Å². The summed E-state index contributed by atoms with van der Waals surface area (Å²) in [6.45, 7) is 4.83. The Kier molecular flexibility index (Phi) is 3.74. The highest BCUT2D eigenvalue weighted by Crippen LogP contribution is 2.29. The van der Waals surface area contributed by atoms with Gasteiger partial charge in [0.25, 0.3) is 0 Å². The second kappa shape index (κ2) is 4.86. The quantitative estimate of drug-likeness (QED) is 0.775. The molecular weight excluding hydrogens is 192 g/mol. The number of nitrogens with two attached hydrogens (primary N) is 1. The lowest BCUT2D eigenvalue weighted by atomic mass is 10.1. The van der Waals surface area contributed by atoms with E-state index in [1.165, 1.54) is 44.5 Å². The van der Waals surface area contributed by atoms with Crippen LogP contribution < -0.4 is 5.73 Å². The third-order valence-corrected chi connectivity index (χ3v) is 4.77. The molecule has 14 heavy (non-hydrogen) atoms. The fraction of sp³-hybridized carbons (Fsp3) is 1.00. The van der Waals surface area contributed by atoms with E-state index in [1.54, 1.807) is 0 Å². The fourth-order valence-electron chi connectivity index (χ4n) is 2.85. The summed E-state index contributed by atoms with van der Waals surface area (Å²) in [6, 6.07) is 1.16. The summed E-state index contributed by atoms with van der Waals surface area (Å²) in [6.07, 6.45) is 5.30. The largest absolute Gasteiger partial charge is 0.326 e. The van der Waals surface area contributed by atoms with Gasteiger partial charge in [-0.15, -0.1) is 0 Å². The Hall–Kier alpha value is 0.270. The molecule has 1 saturated carbocycles. The van der Waals surface area contributed by atoms with Gasteiger partial charge in [0.2, 0.25) is 0 Å². The minimum atomic E-state index is 0.459. The molecule has 0 spiro atoms. The van der Waals surface area contributed by atoms with Crippen LogP contribution in [-0.2, 0) is 0 Å². The summed E-state index contributed by atoms with van der Waals surface area (Å²) in [5, 5.41) is 0.882. The minimum Gasteiger partial charge on any atom is -0.326 e. The van der Waals surface area contributed by atoms with Gasteiger partial charge in [-0.25, -0.2) is 0 Å². The van der Waals surface area contributed by atoms with E-state index in [9.17, 15) is 0 Å². The van der Waals surface area contributed by atoms with Gasteiger partial charge in [-0.2, -0.15) is 11.8 Å². The van der Waals surface area contributed by atoms with Crippen molar-refractivity contribution < 1.29 is 0 Å². The second-order valence-electron chi connectivity index (χ2n) is 4.52. The molecule has 1 aliphatic carbocycles. The van der Waals surface area contributed by atoms with E-state index in [1.807, 2.05) is 0 Å². The van der Waals surface area contributed by atoms with E-state index in [0.717, 1.165) is 5.25 Å². The van der Waals surface area contributed by atoms with Crippen molar-refractivity contribution in [2.24, 2.45) is 5.73 Å². The number of thioether (sulfide) groups is 1. The SMILES string of the molecule is CCSC1CCN(C2CCCC2N)C1. The molecule has 0 aromatic heterocycles. The van der Waals surface area contributed by atoms with Crippen molar-refractivity contribution in [3.8, 4) is 0 Å². The molecule has 3 heteroatoms. The van der Waals surface area contributed by atoms with Crippen LogP contribution >= 0.6 is 11.8 Å². The maximum absolute atomic E-state index is 6.13. The molecule has 1 saturated heterocycles. The van der Waals surface area contributed by atoms with Gasteiger partial charge in [0.1, 0.15) is 0 Å². The van der Waals surface area contributed by atoms with Crippen molar-refractivity contribution >= 4 is 11.8 Å². The second-order valence-corrected chi connectivity index (χ2v) is 6.10. The summed E-state index contributed by atoms with van der Waals surface area (Å²) in [7, 11) is 0. The monoisotopic (exact) mass is 214 g/mol. The first kappa shape index (κ1) is 10.8. The average molecular weight is 214 g/mol. The molecule has 1 heterocycles. The van der Waals surface area contributed by atoms with Gasteiger partial charge in [0.15, 0.2) is 0 Å². The van der Waals surface area contributed by atoms with E-state index >= 15 is 0 Å². The predicted molar refractivity (Wildman–Crippen MR) is 63.7 cm³/mol. The van der Waals surface area contributed by atoms with E-state index in [-0.39, 0.29) is 0 Å². The lowest BCUT2D eigenvalue weighted by molar-refractivity contribution is 0.229. The molecule has 2 aliphatic rings. The molecule has 3 unspecified atom stereocenters. The molecule has 0 aromatic rings. The van der Waals surface area contributed by atoms with Gasteiger partial charge < -0.3 is 5.73 Å². The van der Waals surface area contributed by atoms with Crippen LogP contribution in [-0.4, -0.2) is 41.1 Å². The molecule has 82 valence electrons. The average Bonchev–Trinajstić information content (AvgIpc) is 2.74. The highest BCUT2D eigenvalue weighted by Gasteiger charge is 2.33. The molecule has 0 amide bonds. The first-order valence-electron chi connectivity index (χ1n) is 5.92. The molecule has 0 bridgehead atoms. The van der Waals surface area contributed by atoms with Crippen molar-refractivity contribution in [3.63, 3.8) is 0 Å². The van der Waals surface area contributed by atoms with Gasteiger partial charge in [-0.3, -0.25) is 4.90 Å². The number of likely N-dealkylation sites (tertiary alicyclic amines) is 1. The highest BCUT2D eigenvalue weighted by atomic mass is 32.2.